The normalized spacial score (nSPS) is 19.6. The Labute approximate surface area is 160 Å². The summed E-state index contributed by atoms with van der Waals surface area (Å²) in [7, 11) is -3.68. The topological polar surface area (TPSA) is 102 Å². The zero-order chi connectivity index (χ0) is 19.6. The number of benzene rings is 1. The maximum Gasteiger partial charge on any atom is 0.243 e. The number of ether oxygens (including phenoxy) is 2. The summed E-state index contributed by atoms with van der Waals surface area (Å²) >= 11 is 0. The van der Waals surface area contributed by atoms with Crippen molar-refractivity contribution in [1.82, 2.24) is 9.21 Å². The van der Waals surface area contributed by atoms with E-state index in [0.717, 1.165) is 0 Å². The van der Waals surface area contributed by atoms with E-state index in [-0.39, 0.29) is 23.3 Å². The Kier molecular flexibility index (Phi) is 5.92. The van der Waals surface area contributed by atoms with Gasteiger partial charge < -0.3 is 20.1 Å². The average Bonchev–Trinajstić information content (AvgIpc) is 2.93. The van der Waals surface area contributed by atoms with Crippen LogP contribution < -0.4 is 15.2 Å². The Balaban J connectivity index is 1.73. The van der Waals surface area contributed by atoms with Crippen molar-refractivity contribution in [1.29, 1.82) is 0 Å². The van der Waals surface area contributed by atoms with E-state index in [9.17, 15) is 13.2 Å². The van der Waals surface area contributed by atoms with Crippen LogP contribution in [0.25, 0.3) is 0 Å². The van der Waals surface area contributed by atoms with Crippen LogP contribution in [0.4, 0.5) is 0 Å². The Morgan fingerprint density at radius 3 is 2.48 bits per heavy atom. The van der Waals surface area contributed by atoms with Gasteiger partial charge in [-0.25, -0.2) is 8.42 Å². The molecule has 1 saturated heterocycles. The van der Waals surface area contributed by atoms with Crippen molar-refractivity contribution in [2.75, 3.05) is 39.4 Å². The number of nitrogens with two attached hydrogens (primary N) is 1. The van der Waals surface area contributed by atoms with Crippen molar-refractivity contribution < 1.29 is 22.7 Å². The lowest BCUT2D eigenvalue weighted by Gasteiger charge is -2.26. The van der Waals surface area contributed by atoms with Crippen LogP contribution in [0.1, 0.15) is 20.3 Å². The Morgan fingerprint density at radius 1 is 1.07 bits per heavy atom. The van der Waals surface area contributed by atoms with Crippen molar-refractivity contribution in [2.24, 2.45) is 11.7 Å². The summed E-state index contributed by atoms with van der Waals surface area (Å²) in [6.07, 6.45) is 0.570. The summed E-state index contributed by atoms with van der Waals surface area (Å²) < 4.78 is 38.5. The second-order valence-electron chi connectivity index (χ2n) is 7.16. The molecule has 9 heteroatoms. The molecule has 1 aromatic rings. The van der Waals surface area contributed by atoms with E-state index < -0.39 is 16.1 Å². The van der Waals surface area contributed by atoms with E-state index >= 15 is 0 Å². The van der Waals surface area contributed by atoms with Gasteiger partial charge in [-0.05, 0) is 24.5 Å². The van der Waals surface area contributed by atoms with Crippen molar-refractivity contribution in [3.63, 3.8) is 0 Å². The zero-order valence-corrected chi connectivity index (χ0v) is 16.6. The van der Waals surface area contributed by atoms with Gasteiger partial charge in [0.2, 0.25) is 15.9 Å². The first-order valence-corrected chi connectivity index (χ1v) is 10.7. The lowest BCUT2D eigenvalue weighted by molar-refractivity contribution is -0.133. The number of amides is 1. The number of carbonyl (C=O) groups excluding carboxylic acids is 1. The standard InChI is InChI=1S/C18H27N3O5S/c1-13(2)17(19)18(22)20-6-3-7-21(9-8-20)27(23,24)14-4-5-15-16(12-14)26-11-10-25-15/h4-5,12-13,17H,3,6-11,19H2,1-2H3/t17-/m0/s1. The smallest absolute Gasteiger partial charge is 0.243 e. The van der Waals surface area contributed by atoms with E-state index in [0.29, 0.717) is 50.8 Å². The second kappa shape index (κ2) is 8.04. The highest BCUT2D eigenvalue weighted by Crippen LogP contribution is 2.33. The number of hydrogen-bond acceptors (Lipinski definition) is 6. The molecule has 3 rings (SSSR count). The van der Waals surface area contributed by atoms with Crippen molar-refractivity contribution >= 4 is 15.9 Å². The fraction of sp³-hybridized carbons (Fsp3) is 0.611. The zero-order valence-electron chi connectivity index (χ0n) is 15.8. The van der Waals surface area contributed by atoms with E-state index in [1.165, 1.54) is 16.4 Å². The third kappa shape index (κ3) is 4.20. The number of fused-ring (bicyclic) bond motifs is 1. The van der Waals surface area contributed by atoms with Crippen LogP contribution in [0.15, 0.2) is 23.1 Å². The van der Waals surface area contributed by atoms with Crippen LogP contribution in [0.2, 0.25) is 0 Å². The molecule has 1 amide bonds. The number of hydrogen-bond donors (Lipinski definition) is 1. The summed E-state index contributed by atoms with van der Waals surface area (Å²) in [6.45, 7) is 6.10. The SMILES string of the molecule is CC(C)[C@H](N)C(=O)N1CCCN(S(=O)(=O)c2ccc3c(c2)OCCO3)CC1. The molecule has 0 saturated carbocycles. The monoisotopic (exact) mass is 397 g/mol. The molecule has 1 aromatic carbocycles. The lowest BCUT2D eigenvalue weighted by Crippen LogP contribution is -2.47. The molecule has 0 bridgehead atoms. The predicted molar refractivity (Wildman–Crippen MR) is 100 cm³/mol. The van der Waals surface area contributed by atoms with Crippen LogP contribution in [0.5, 0.6) is 11.5 Å². The number of rotatable bonds is 4. The van der Waals surface area contributed by atoms with Crippen LogP contribution in [0, 0.1) is 5.92 Å². The molecule has 27 heavy (non-hydrogen) atoms. The molecule has 1 atom stereocenters. The van der Waals surface area contributed by atoms with Crippen molar-refractivity contribution in [3.05, 3.63) is 18.2 Å². The Bertz CT molecular complexity index is 796. The first-order valence-electron chi connectivity index (χ1n) is 9.25. The van der Waals surface area contributed by atoms with Crippen LogP contribution in [-0.4, -0.2) is 69.0 Å². The molecule has 0 aromatic heterocycles. The van der Waals surface area contributed by atoms with E-state index in [4.69, 9.17) is 15.2 Å². The van der Waals surface area contributed by atoms with Crippen LogP contribution in [-0.2, 0) is 14.8 Å². The van der Waals surface area contributed by atoms with Gasteiger partial charge in [0.1, 0.15) is 13.2 Å². The number of nitrogens with zero attached hydrogens (tertiary/aromatic N) is 2. The van der Waals surface area contributed by atoms with Gasteiger partial charge >= 0.3 is 0 Å². The molecule has 0 radical (unpaired) electrons. The molecular formula is C18H27N3O5S. The highest BCUT2D eigenvalue weighted by Gasteiger charge is 2.31. The minimum absolute atomic E-state index is 0.0401. The molecule has 150 valence electrons. The summed E-state index contributed by atoms with van der Waals surface area (Å²) in [5.74, 6) is 0.911. The summed E-state index contributed by atoms with van der Waals surface area (Å²) in [6, 6.07) is 4.10. The summed E-state index contributed by atoms with van der Waals surface area (Å²) in [5, 5.41) is 0. The minimum Gasteiger partial charge on any atom is -0.486 e. The molecule has 8 nitrogen and oxygen atoms in total. The largest absolute Gasteiger partial charge is 0.486 e. The molecule has 2 heterocycles. The van der Waals surface area contributed by atoms with Gasteiger partial charge in [0.05, 0.1) is 10.9 Å². The van der Waals surface area contributed by atoms with Gasteiger partial charge in [-0.3, -0.25) is 4.79 Å². The predicted octanol–water partition coefficient (Wildman–Crippen LogP) is 0.664. The third-order valence-electron chi connectivity index (χ3n) is 4.92. The molecule has 0 spiro atoms. The quantitative estimate of drug-likeness (QED) is 0.801. The number of carbonyl (C=O) groups is 1. The third-order valence-corrected chi connectivity index (χ3v) is 6.82. The van der Waals surface area contributed by atoms with E-state index in [1.54, 1.807) is 11.0 Å². The highest BCUT2D eigenvalue weighted by molar-refractivity contribution is 7.89. The van der Waals surface area contributed by atoms with Crippen molar-refractivity contribution in [2.45, 2.75) is 31.2 Å². The summed E-state index contributed by atoms with van der Waals surface area (Å²) in [4.78, 5) is 14.3. The first kappa shape index (κ1) is 19.9. The molecule has 0 unspecified atom stereocenters. The van der Waals surface area contributed by atoms with Gasteiger partial charge in [0, 0.05) is 32.2 Å². The second-order valence-corrected chi connectivity index (χ2v) is 9.10. The van der Waals surface area contributed by atoms with E-state index in [2.05, 4.69) is 0 Å². The van der Waals surface area contributed by atoms with Gasteiger partial charge in [-0.1, -0.05) is 13.8 Å². The fourth-order valence-electron chi connectivity index (χ4n) is 3.18. The van der Waals surface area contributed by atoms with E-state index in [1.807, 2.05) is 13.8 Å². The molecule has 2 aliphatic rings. The van der Waals surface area contributed by atoms with Gasteiger partial charge in [-0.15, -0.1) is 0 Å². The number of sulfonamides is 1. The Hall–Kier alpha value is -1.84. The van der Waals surface area contributed by atoms with Gasteiger partial charge in [0.25, 0.3) is 0 Å². The minimum atomic E-state index is -3.68. The maximum absolute atomic E-state index is 13.0. The highest BCUT2D eigenvalue weighted by atomic mass is 32.2. The van der Waals surface area contributed by atoms with Crippen LogP contribution in [0.3, 0.4) is 0 Å². The lowest BCUT2D eigenvalue weighted by atomic mass is 10.0. The van der Waals surface area contributed by atoms with Gasteiger partial charge in [-0.2, -0.15) is 4.31 Å². The maximum atomic E-state index is 13.0. The molecule has 0 aliphatic carbocycles. The first-order chi connectivity index (χ1) is 12.8. The summed E-state index contributed by atoms with van der Waals surface area (Å²) in [5.41, 5.74) is 5.97. The van der Waals surface area contributed by atoms with Crippen LogP contribution >= 0.6 is 0 Å². The average molecular weight is 397 g/mol. The molecule has 2 aliphatic heterocycles. The molecule has 2 N–H and O–H groups in total. The van der Waals surface area contributed by atoms with Gasteiger partial charge in [0.15, 0.2) is 11.5 Å². The molecule has 1 fully saturated rings. The fourth-order valence-corrected chi connectivity index (χ4v) is 4.67. The Morgan fingerprint density at radius 2 is 1.78 bits per heavy atom. The molecular weight excluding hydrogens is 370 g/mol. The van der Waals surface area contributed by atoms with Crippen molar-refractivity contribution in [3.8, 4) is 11.5 Å².